The summed E-state index contributed by atoms with van der Waals surface area (Å²) in [5.41, 5.74) is 2.45. The Labute approximate surface area is 154 Å². The zero-order valence-electron chi connectivity index (χ0n) is 15.4. The van der Waals surface area contributed by atoms with Crippen LogP contribution in [-0.2, 0) is 19.4 Å². The highest BCUT2D eigenvalue weighted by atomic mass is 16.2. The second kappa shape index (κ2) is 8.17. The van der Waals surface area contributed by atoms with E-state index in [-0.39, 0.29) is 17.9 Å². The molecule has 0 fully saturated rings. The molecule has 6 nitrogen and oxygen atoms in total. The van der Waals surface area contributed by atoms with Gasteiger partial charge in [-0.2, -0.15) is 0 Å². The molecule has 0 spiro atoms. The molecule has 2 amide bonds. The Balaban J connectivity index is 1.73. The van der Waals surface area contributed by atoms with E-state index in [1.807, 2.05) is 48.7 Å². The summed E-state index contributed by atoms with van der Waals surface area (Å²) in [6.07, 6.45) is 3.56. The third-order valence-corrected chi connectivity index (χ3v) is 4.50. The van der Waals surface area contributed by atoms with Crippen LogP contribution in [0.5, 0.6) is 0 Å². The Bertz CT molecular complexity index is 781. The molecule has 2 heterocycles. The molecule has 1 aromatic carbocycles. The standard InChI is InChI=1S/C20H26N4O2/c1-14(2)22-20(26)18-23-17(16-10-6-7-13-24(16)18)19(25)21-12-11-15-8-4-3-5-9-15/h3-5,8-9,14H,6-7,10-13H2,1-2H3,(H,21,25)(H,22,26). The molecule has 0 unspecified atom stereocenters. The van der Waals surface area contributed by atoms with Crippen molar-refractivity contribution in [2.24, 2.45) is 0 Å². The van der Waals surface area contributed by atoms with Gasteiger partial charge in [-0.15, -0.1) is 0 Å². The molecule has 0 aliphatic carbocycles. The number of benzene rings is 1. The van der Waals surface area contributed by atoms with Gasteiger partial charge in [-0.3, -0.25) is 9.59 Å². The molecular weight excluding hydrogens is 328 g/mol. The van der Waals surface area contributed by atoms with E-state index in [0.29, 0.717) is 18.1 Å². The highest BCUT2D eigenvalue weighted by Gasteiger charge is 2.27. The topological polar surface area (TPSA) is 76.0 Å². The maximum atomic E-state index is 12.6. The first-order valence-electron chi connectivity index (χ1n) is 9.28. The number of carbonyl (C=O) groups excluding carboxylic acids is 2. The van der Waals surface area contributed by atoms with Crippen molar-refractivity contribution in [1.29, 1.82) is 0 Å². The van der Waals surface area contributed by atoms with Gasteiger partial charge in [0.15, 0.2) is 5.82 Å². The van der Waals surface area contributed by atoms with Crippen molar-refractivity contribution < 1.29 is 9.59 Å². The van der Waals surface area contributed by atoms with E-state index in [0.717, 1.165) is 37.9 Å². The number of nitrogens with one attached hydrogen (secondary N) is 2. The molecule has 2 N–H and O–H groups in total. The van der Waals surface area contributed by atoms with Crippen molar-refractivity contribution >= 4 is 11.8 Å². The van der Waals surface area contributed by atoms with Crippen molar-refractivity contribution in [2.75, 3.05) is 6.54 Å². The maximum absolute atomic E-state index is 12.6. The Hall–Kier alpha value is -2.63. The van der Waals surface area contributed by atoms with Crippen LogP contribution in [-0.4, -0.2) is 34.0 Å². The van der Waals surface area contributed by atoms with E-state index in [4.69, 9.17) is 0 Å². The molecule has 0 radical (unpaired) electrons. The number of hydrogen-bond donors (Lipinski definition) is 2. The van der Waals surface area contributed by atoms with E-state index in [9.17, 15) is 9.59 Å². The van der Waals surface area contributed by atoms with Crippen LogP contribution in [0, 0.1) is 0 Å². The van der Waals surface area contributed by atoms with Crippen molar-refractivity contribution in [1.82, 2.24) is 20.2 Å². The fourth-order valence-corrected chi connectivity index (χ4v) is 3.27. The minimum Gasteiger partial charge on any atom is -0.350 e. The number of fused-ring (bicyclic) bond motifs is 1. The molecule has 2 aromatic rings. The Morgan fingerprint density at radius 2 is 1.92 bits per heavy atom. The maximum Gasteiger partial charge on any atom is 0.287 e. The average molecular weight is 354 g/mol. The van der Waals surface area contributed by atoms with E-state index in [1.54, 1.807) is 0 Å². The van der Waals surface area contributed by atoms with Gasteiger partial charge in [-0.05, 0) is 45.1 Å². The summed E-state index contributed by atoms with van der Waals surface area (Å²) >= 11 is 0. The third-order valence-electron chi connectivity index (χ3n) is 4.50. The molecule has 1 aliphatic heterocycles. The van der Waals surface area contributed by atoms with E-state index < -0.39 is 0 Å². The highest BCUT2D eigenvalue weighted by Crippen LogP contribution is 2.21. The van der Waals surface area contributed by atoms with Gasteiger partial charge >= 0.3 is 0 Å². The zero-order valence-corrected chi connectivity index (χ0v) is 15.4. The van der Waals surface area contributed by atoms with Crippen molar-refractivity contribution in [3.05, 3.63) is 53.1 Å². The Morgan fingerprint density at radius 3 is 2.65 bits per heavy atom. The third kappa shape index (κ3) is 4.12. The van der Waals surface area contributed by atoms with Gasteiger partial charge in [0.25, 0.3) is 11.8 Å². The molecule has 0 atom stereocenters. The molecule has 1 aliphatic rings. The lowest BCUT2D eigenvalue weighted by molar-refractivity contribution is 0.0927. The molecule has 3 rings (SSSR count). The summed E-state index contributed by atoms with van der Waals surface area (Å²) in [5, 5.41) is 5.82. The number of carbonyl (C=O) groups is 2. The van der Waals surface area contributed by atoms with Crippen LogP contribution in [0.15, 0.2) is 30.3 Å². The Morgan fingerprint density at radius 1 is 1.15 bits per heavy atom. The van der Waals surface area contributed by atoms with E-state index in [2.05, 4.69) is 15.6 Å². The van der Waals surface area contributed by atoms with E-state index in [1.165, 1.54) is 5.56 Å². The highest BCUT2D eigenvalue weighted by molar-refractivity contribution is 5.97. The fraction of sp³-hybridized carbons (Fsp3) is 0.450. The summed E-state index contributed by atoms with van der Waals surface area (Å²) in [6.45, 7) is 5.10. The lowest BCUT2D eigenvalue weighted by atomic mass is 10.1. The zero-order chi connectivity index (χ0) is 18.5. The van der Waals surface area contributed by atoms with E-state index >= 15 is 0 Å². The predicted octanol–water partition coefficient (Wildman–Crippen LogP) is 2.33. The number of nitrogens with zero attached hydrogens (tertiary/aromatic N) is 2. The lowest BCUT2D eigenvalue weighted by Crippen LogP contribution is -2.33. The normalized spacial score (nSPS) is 13.3. The van der Waals surface area contributed by atoms with Gasteiger partial charge in [0, 0.05) is 19.1 Å². The average Bonchev–Trinajstić information content (AvgIpc) is 3.02. The second-order valence-corrected chi connectivity index (χ2v) is 6.96. The van der Waals surface area contributed by atoms with Crippen molar-refractivity contribution in [2.45, 2.75) is 52.1 Å². The quantitative estimate of drug-likeness (QED) is 0.836. The van der Waals surface area contributed by atoms with Crippen molar-refractivity contribution in [3.63, 3.8) is 0 Å². The van der Waals surface area contributed by atoms with Crippen LogP contribution >= 0.6 is 0 Å². The summed E-state index contributed by atoms with van der Waals surface area (Å²) in [4.78, 5) is 29.5. The van der Waals surface area contributed by atoms with Gasteiger partial charge < -0.3 is 15.2 Å². The largest absolute Gasteiger partial charge is 0.350 e. The number of hydrogen-bond acceptors (Lipinski definition) is 3. The second-order valence-electron chi connectivity index (χ2n) is 6.96. The number of amides is 2. The van der Waals surface area contributed by atoms with Crippen molar-refractivity contribution in [3.8, 4) is 0 Å². The molecule has 138 valence electrons. The predicted molar refractivity (Wildman–Crippen MR) is 100 cm³/mol. The first-order chi connectivity index (χ1) is 12.6. The summed E-state index contributed by atoms with van der Waals surface area (Å²) in [7, 11) is 0. The number of imidazole rings is 1. The SMILES string of the molecule is CC(C)NC(=O)c1nc(C(=O)NCCc2ccccc2)c2n1CCCC2. The van der Waals surface area contributed by atoms with Crippen LogP contribution < -0.4 is 10.6 Å². The molecule has 1 aromatic heterocycles. The minimum atomic E-state index is -0.216. The van der Waals surface area contributed by atoms with Gasteiger partial charge in [-0.25, -0.2) is 4.98 Å². The Kier molecular flexibility index (Phi) is 5.71. The monoisotopic (exact) mass is 354 g/mol. The fourth-order valence-electron chi connectivity index (χ4n) is 3.27. The number of rotatable bonds is 6. The molecular formula is C20H26N4O2. The van der Waals surface area contributed by atoms with Crippen LogP contribution in [0.3, 0.4) is 0 Å². The summed E-state index contributed by atoms with van der Waals surface area (Å²) in [6, 6.07) is 10.1. The summed E-state index contributed by atoms with van der Waals surface area (Å²) in [5.74, 6) is -0.0664. The van der Waals surface area contributed by atoms with Gasteiger partial charge in [-0.1, -0.05) is 30.3 Å². The van der Waals surface area contributed by atoms with Gasteiger partial charge in [0.2, 0.25) is 0 Å². The molecule has 26 heavy (non-hydrogen) atoms. The van der Waals surface area contributed by atoms with Crippen LogP contribution in [0.4, 0.5) is 0 Å². The molecule has 0 bridgehead atoms. The van der Waals surface area contributed by atoms with Gasteiger partial charge in [0.1, 0.15) is 5.69 Å². The molecule has 6 heteroatoms. The first-order valence-corrected chi connectivity index (χ1v) is 9.28. The van der Waals surface area contributed by atoms with Crippen LogP contribution in [0.25, 0.3) is 0 Å². The molecule has 0 saturated carbocycles. The number of aromatic nitrogens is 2. The van der Waals surface area contributed by atoms with Crippen LogP contribution in [0.1, 0.15) is 59.1 Å². The first kappa shape index (κ1) is 18.2. The smallest absolute Gasteiger partial charge is 0.287 e. The summed E-state index contributed by atoms with van der Waals surface area (Å²) < 4.78 is 1.91. The lowest BCUT2D eigenvalue weighted by Gasteiger charge is -2.17. The minimum absolute atomic E-state index is 0.0298. The molecule has 0 saturated heterocycles. The van der Waals surface area contributed by atoms with Gasteiger partial charge in [0.05, 0.1) is 5.69 Å². The van der Waals surface area contributed by atoms with Crippen LogP contribution in [0.2, 0.25) is 0 Å².